The summed E-state index contributed by atoms with van der Waals surface area (Å²) in [6, 6.07) is 5.64. The number of methoxy groups -OCH3 is 3. The van der Waals surface area contributed by atoms with Crippen molar-refractivity contribution in [2.75, 3.05) is 21.3 Å². The van der Waals surface area contributed by atoms with E-state index in [0.29, 0.717) is 5.19 Å². The van der Waals surface area contributed by atoms with Gasteiger partial charge < -0.3 is 14.2 Å². The lowest BCUT2D eigenvalue weighted by Gasteiger charge is -2.08. The second-order valence-electron chi connectivity index (χ2n) is 3.27. The van der Waals surface area contributed by atoms with E-state index in [2.05, 4.69) is 4.98 Å². The lowest BCUT2D eigenvalue weighted by atomic mass is 10.1. The summed E-state index contributed by atoms with van der Waals surface area (Å²) >= 11 is 1.45. The van der Waals surface area contributed by atoms with Crippen LogP contribution in [0.3, 0.4) is 0 Å². The Morgan fingerprint density at radius 3 is 2.47 bits per heavy atom. The summed E-state index contributed by atoms with van der Waals surface area (Å²) in [5, 5.41) is 2.57. The molecule has 2 aromatic rings. The van der Waals surface area contributed by atoms with E-state index in [1.54, 1.807) is 21.3 Å². The highest BCUT2D eigenvalue weighted by Gasteiger charge is 2.11. The zero-order valence-electron chi connectivity index (χ0n) is 9.89. The van der Waals surface area contributed by atoms with Gasteiger partial charge in [0.25, 0.3) is 5.19 Å². The smallest absolute Gasteiger partial charge is 0.273 e. The van der Waals surface area contributed by atoms with E-state index >= 15 is 0 Å². The van der Waals surface area contributed by atoms with Crippen molar-refractivity contribution in [2.24, 2.45) is 0 Å². The van der Waals surface area contributed by atoms with Gasteiger partial charge in [-0.25, -0.2) is 4.98 Å². The maximum atomic E-state index is 5.33. The Morgan fingerprint density at radius 2 is 1.88 bits per heavy atom. The third-order valence-corrected chi connectivity index (χ3v) is 3.14. The van der Waals surface area contributed by atoms with Gasteiger partial charge in [0.05, 0.1) is 27.0 Å². The average Bonchev–Trinajstić information content (AvgIpc) is 2.86. The standard InChI is InChI=1S/C12H13NO3S/c1-14-8-4-5-9(11(6-8)15-2)10-7-17-12(13-10)16-3/h4-7H,1-3H3. The van der Waals surface area contributed by atoms with Crippen LogP contribution in [0.15, 0.2) is 23.6 Å². The number of ether oxygens (including phenoxy) is 3. The second-order valence-corrected chi connectivity index (χ2v) is 4.09. The van der Waals surface area contributed by atoms with E-state index in [9.17, 15) is 0 Å². The molecule has 0 radical (unpaired) electrons. The summed E-state index contributed by atoms with van der Waals surface area (Å²) in [7, 11) is 4.86. The first-order chi connectivity index (χ1) is 8.28. The van der Waals surface area contributed by atoms with E-state index in [0.717, 1.165) is 22.8 Å². The monoisotopic (exact) mass is 251 g/mol. The summed E-state index contributed by atoms with van der Waals surface area (Å²) in [6.45, 7) is 0. The molecule has 0 N–H and O–H groups in total. The molecule has 0 aliphatic carbocycles. The van der Waals surface area contributed by atoms with E-state index in [-0.39, 0.29) is 0 Å². The number of benzene rings is 1. The molecule has 0 saturated heterocycles. The van der Waals surface area contributed by atoms with Crippen molar-refractivity contribution in [3.8, 4) is 28.0 Å². The predicted molar refractivity (Wildman–Crippen MR) is 67.2 cm³/mol. The molecule has 5 heteroatoms. The number of hydrogen-bond donors (Lipinski definition) is 0. The SMILES string of the molecule is COc1ccc(-c2csc(OC)n2)c(OC)c1. The van der Waals surface area contributed by atoms with Crippen molar-refractivity contribution in [3.63, 3.8) is 0 Å². The highest BCUT2D eigenvalue weighted by molar-refractivity contribution is 7.11. The molecule has 2 rings (SSSR count). The van der Waals surface area contributed by atoms with Crippen molar-refractivity contribution in [3.05, 3.63) is 23.6 Å². The summed E-state index contributed by atoms with van der Waals surface area (Å²) in [6.07, 6.45) is 0. The topological polar surface area (TPSA) is 40.6 Å². The molecule has 0 atom stereocenters. The maximum Gasteiger partial charge on any atom is 0.273 e. The average molecular weight is 251 g/mol. The Hall–Kier alpha value is -1.75. The second kappa shape index (κ2) is 5.05. The van der Waals surface area contributed by atoms with Crippen LogP contribution in [0.25, 0.3) is 11.3 Å². The van der Waals surface area contributed by atoms with Gasteiger partial charge in [0, 0.05) is 17.0 Å². The predicted octanol–water partition coefficient (Wildman–Crippen LogP) is 2.84. The van der Waals surface area contributed by atoms with Gasteiger partial charge in [-0.05, 0) is 12.1 Å². The first kappa shape index (κ1) is 11.7. The minimum absolute atomic E-state index is 0.637. The zero-order chi connectivity index (χ0) is 12.3. The van der Waals surface area contributed by atoms with Crippen LogP contribution in [0.1, 0.15) is 0 Å². The Morgan fingerprint density at radius 1 is 1.06 bits per heavy atom. The Balaban J connectivity index is 2.43. The van der Waals surface area contributed by atoms with Crippen molar-refractivity contribution >= 4 is 11.3 Å². The molecule has 0 spiro atoms. The summed E-state index contributed by atoms with van der Waals surface area (Å²) in [4.78, 5) is 4.34. The summed E-state index contributed by atoms with van der Waals surface area (Å²) in [5.41, 5.74) is 1.76. The largest absolute Gasteiger partial charge is 0.497 e. The van der Waals surface area contributed by atoms with Gasteiger partial charge in [0.1, 0.15) is 11.5 Å². The van der Waals surface area contributed by atoms with Crippen LogP contribution in [0.4, 0.5) is 0 Å². The first-order valence-corrected chi connectivity index (χ1v) is 5.88. The number of thiazole rings is 1. The van der Waals surface area contributed by atoms with E-state index in [1.165, 1.54) is 11.3 Å². The number of nitrogens with zero attached hydrogens (tertiary/aromatic N) is 1. The van der Waals surface area contributed by atoms with Crippen LogP contribution in [0.2, 0.25) is 0 Å². The molecule has 0 fully saturated rings. The van der Waals surface area contributed by atoms with Gasteiger partial charge in [0.15, 0.2) is 0 Å². The van der Waals surface area contributed by atoms with Crippen LogP contribution in [0, 0.1) is 0 Å². The van der Waals surface area contributed by atoms with Crippen molar-refractivity contribution in [1.29, 1.82) is 0 Å². The summed E-state index contributed by atoms with van der Waals surface area (Å²) < 4.78 is 15.6. The Bertz CT molecular complexity index is 510. The molecular formula is C12H13NO3S. The van der Waals surface area contributed by atoms with Crippen molar-refractivity contribution < 1.29 is 14.2 Å². The fourth-order valence-corrected chi connectivity index (χ4v) is 2.12. The van der Waals surface area contributed by atoms with Gasteiger partial charge in [-0.1, -0.05) is 11.3 Å². The molecule has 0 saturated carbocycles. The molecule has 0 bridgehead atoms. The van der Waals surface area contributed by atoms with E-state index < -0.39 is 0 Å². The van der Waals surface area contributed by atoms with Crippen LogP contribution >= 0.6 is 11.3 Å². The Kier molecular flexibility index (Phi) is 3.49. The molecule has 4 nitrogen and oxygen atoms in total. The number of hydrogen-bond acceptors (Lipinski definition) is 5. The maximum absolute atomic E-state index is 5.33. The van der Waals surface area contributed by atoms with Crippen molar-refractivity contribution in [2.45, 2.75) is 0 Å². The molecule has 17 heavy (non-hydrogen) atoms. The van der Waals surface area contributed by atoms with E-state index in [4.69, 9.17) is 14.2 Å². The molecule has 0 aliphatic rings. The fourth-order valence-electron chi connectivity index (χ4n) is 1.48. The van der Waals surface area contributed by atoms with Crippen molar-refractivity contribution in [1.82, 2.24) is 4.98 Å². The highest BCUT2D eigenvalue weighted by atomic mass is 32.1. The first-order valence-electron chi connectivity index (χ1n) is 5.00. The third-order valence-electron chi connectivity index (χ3n) is 2.34. The third kappa shape index (κ3) is 2.34. The molecule has 0 unspecified atom stereocenters. The molecular weight excluding hydrogens is 238 g/mol. The van der Waals surface area contributed by atoms with Gasteiger partial charge >= 0.3 is 0 Å². The zero-order valence-corrected chi connectivity index (χ0v) is 10.7. The van der Waals surface area contributed by atoms with Crippen LogP contribution in [0.5, 0.6) is 16.7 Å². The van der Waals surface area contributed by atoms with Crippen LogP contribution in [-0.2, 0) is 0 Å². The van der Waals surface area contributed by atoms with E-state index in [1.807, 2.05) is 23.6 Å². The minimum Gasteiger partial charge on any atom is -0.497 e. The molecule has 1 heterocycles. The Labute approximate surface area is 104 Å². The lowest BCUT2D eigenvalue weighted by molar-refractivity contribution is 0.395. The number of aromatic nitrogens is 1. The minimum atomic E-state index is 0.637. The van der Waals surface area contributed by atoms with Gasteiger partial charge in [-0.2, -0.15) is 0 Å². The fraction of sp³-hybridized carbons (Fsp3) is 0.250. The van der Waals surface area contributed by atoms with Crippen LogP contribution < -0.4 is 14.2 Å². The van der Waals surface area contributed by atoms with Gasteiger partial charge in [0.2, 0.25) is 0 Å². The molecule has 0 aliphatic heterocycles. The lowest BCUT2D eigenvalue weighted by Crippen LogP contribution is -1.90. The van der Waals surface area contributed by atoms with Gasteiger partial charge in [-0.15, -0.1) is 0 Å². The molecule has 90 valence electrons. The molecule has 0 amide bonds. The quantitative estimate of drug-likeness (QED) is 0.837. The number of rotatable bonds is 4. The normalized spacial score (nSPS) is 10.1. The van der Waals surface area contributed by atoms with Gasteiger partial charge in [-0.3, -0.25) is 0 Å². The molecule has 1 aromatic heterocycles. The summed E-state index contributed by atoms with van der Waals surface area (Å²) in [5.74, 6) is 1.49. The molecule has 1 aromatic carbocycles. The van der Waals surface area contributed by atoms with Crippen LogP contribution in [-0.4, -0.2) is 26.3 Å². The highest BCUT2D eigenvalue weighted by Crippen LogP contribution is 2.35.